The number of hydrogen-bond donors (Lipinski definition) is 1. The van der Waals surface area contributed by atoms with Crippen LogP contribution >= 0.6 is 0 Å². The number of halogens is 3. The Balaban J connectivity index is 2.42. The molecule has 2 aromatic heterocycles. The standard InChI is InChI=1S/C14H14F3N3O2S/c1-10(11-6-2-4-8-18-11)13(12-7-3-5-9-19-12)20-23(21,22)14(15,16)17/h2-10,13,20H,1H3/t10-,13+/m1/s1. The molecule has 0 aliphatic carbocycles. The van der Waals surface area contributed by atoms with Gasteiger partial charge in [-0.1, -0.05) is 19.1 Å². The predicted octanol–water partition coefficient (Wildman–Crippen LogP) is 2.76. The highest BCUT2D eigenvalue weighted by atomic mass is 32.2. The molecule has 0 bridgehead atoms. The second kappa shape index (κ2) is 6.63. The minimum Gasteiger partial charge on any atom is -0.261 e. The highest BCUT2D eigenvalue weighted by Crippen LogP contribution is 2.32. The van der Waals surface area contributed by atoms with Crippen molar-refractivity contribution >= 4 is 10.0 Å². The number of nitrogens with one attached hydrogen (secondary N) is 1. The van der Waals surface area contributed by atoms with E-state index in [4.69, 9.17) is 0 Å². The van der Waals surface area contributed by atoms with Gasteiger partial charge in [0, 0.05) is 24.0 Å². The van der Waals surface area contributed by atoms with Gasteiger partial charge in [-0.05, 0) is 24.3 Å². The summed E-state index contributed by atoms with van der Waals surface area (Å²) in [6.45, 7) is 1.58. The molecule has 0 aliphatic rings. The lowest BCUT2D eigenvalue weighted by Crippen LogP contribution is -2.40. The van der Waals surface area contributed by atoms with E-state index in [1.165, 1.54) is 18.5 Å². The largest absolute Gasteiger partial charge is 0.511 e. The van der Waals surface area contributed by atoms with Gasteiger partial charge < -0.3 is 0 Å². The Labute approximate surface area is 131 Å². The fourth-order valence-electron chi connectivity index (χ4n) is 2.03. The Hall–Kier alpha value is -2.00. The Bertz CT molecular complexity index is 737. The molecule has 2 aromatic rings. The van der Waals surface area contributed by atoms with Gasteiger partial charge >= 0.3 is 15.5 Å². The van der Waals surface area contributed by atoms with Crippen LogP contribution in [0.1, 0.15) is 30.3 Å². The molecular weight excluding hydrogens is 331 g/mol. The van der Waals surface area contributed by atoms with Crippen molar-refractivity contribution in [2.45, 2.75) is 24.4 Å². The maximum atomic E-state index is 12.7. The first-order chi connectivity index (χ1) is 10.7. The molecular formula is C14H14F3N3O2S. The lowest BCUT2D eigenvalue weighted by molar-refractivity contribution is -0.0451. The van der Waals surface area contributed by atoms with Gasteiger partial charge in [0.25, 0.3) is 0 Å². The van der Waals surface area contributed by atoms with Crippen LogP contribution in [0.2, 0.25) is 0 Å². The third kappa shape index (κ3) is 4.05. The highest BCUT2D eigenvalue weighted by Gasteiger charge is 2.47. The smallest absolute Gasteiger partial charge is 0.261 e. The summed E-state index contributed by atoms with van der Waals surface area (Å²) < 4.78 is 62.7. The summed E-state index contributed by atoms with van der Waals surface area (Å²) in [5, 5.41) is 0. The first-order valence-corrected chi connectivity index (χ1v) is 8.11. The van der Waals surface area contributed by atoms with E-state index in [9.17, 15) is 21.6 Å². The fourth-order valence-corrected chi connectivity index (χ4v) is 2.82. The van der Waals surface area contributed by atoms with Gasteiger partial charge in [-0.3, -0.25) is 9.97 Å². The van der Waals surface area contributed by atoms with Crippen molar-refractivity contribution in [2.24, 2.45) is 0 Å². The minimum atomic E-state index is -5.52. The van der Waals surface area contributed by atoms with Gasteiger partial charge in [0.05, 0.1) is 11.7 Å². The Kier molecular flexibility index (Phi) is 5.00. The Morgan fingerprint density at radius 3 is 1.96 bits per heavy atom. The van der Waals surface area contributed by atoms with Crippen molar-refractivity contribution in [3.8, 4) is 0 Å². The second-order valence-corrected chi connectivity index (χ2v) is 6.55. The number of nitrogens with zero attached hydrogens (tertiary/aromatic N) is 2. The van der Waals surface area contributed by atoms with Crippen molar-refractivity contribution in [3.05, 3.63) is 60.2 Å². The zero-order valence-corrected chi connectivity index (χ0v) is 12.8. The van der Waals surface area contributed by atoms with Gasteiger partial charge in [0.2, 0.25) is 0 Å². The Morgan fingerprint density at radius 1 is 1.00 bits per heavy atom. The van der Waals surface area contributed by atoms with Crippen LogP contribution in [-0.2, 0) is 10.0 Å². The van der Waals surface area contributed by atoms with Crippen LogP contribution in [-0.4, -0.2) is 23.9 Å². The van der Waals surface area contributed by atoms with Crippen LogP contribution in [0.3, 0.4) is 0 Å². The number of hydrogen-bond acceptors (Lipinski definition) is 4. The predicted molar refractivity (Wildman–Crippen MR) is 77.7 cm³/mol. The normalized spacial score (nSPS) is 15.1. The van der Waals surface area contributed by atoms with E-state index in [0.717, 1.165) is 0 Å². The minimum absolute atomic E-state index is 0.179. The maximum Gasteiger partial charge on any atom is 0.511 e. The molecule has 0 spiro atoms. The van der Waals surface area contributed by atoms with Gasteiger partial charge in [-0.2, -0.15) is 17.9 Å². The average Bonchev–Trinajstić information content (AvgIpc) is 2.52. The summed E-state index contributed by atoms with van der Waals surface area (Å²) in [6.07, 6.45) is 2.87. The first kappa shape index (κ1) is 17.4. The van der Waals surface area contributed by atoms with Crippen molar-refractivity contribution in [1.29, 1.82) is 0 Å². The number of alkyl halides is 3. The lowest BCUT2D eigenvalue weighted by Gasteiger charge is -2.24. The second-order valence-electron chi connectivity index (χ2n) is 4.84. The van der Waals surface area contributed by atoms with Crippen molar-refractivity contribution < 1.29 is 21.6 Å². The highest BCUT2D eigenvalue weighted by molar-refractivity contribution is 7.90. The van der Waals surface area contributed by atoms with Crippen LogP contribution in [0.25, 0.3) is 0 Å². The van der Waals surface area contributed by atoms with E-state index in [2.05, 4.69) is 9.97 Å². The molecule has 2 atom stereocenters. The molecule has 0 unspecified atom stereocenters. The number of pyridine rings is 2. The molecule has 2 rings (SSSR count). The van der Waals surface area contributed by atoms with Crippen LogP contribution in [0.15, 0.2) is 48.8 Å². The molecule has 0 radical (unpaired) electrons. The molecule has 0 saturated carbocycles. The van der Waals surface area contributed by atoms with E-state index >= 15 is 0 Å². The van der Waals surface area contributed by atoms with Gasteiger partial charge in [0.1, 0.15) is 0 Å². The third-order valence-corrected chi connectivity index (χ3v) is 4.42. The van der Waals surface area contributed by atoms with Crippen molar-refractivity contribution in [2.75, 3.05) is 0 Å². The number of sulfonamides is 1. The summed E-state index contributed by atoms with van der Waals surface area (Å²) in [5.74, 6) is -0.650. The molecule has 0 fully saturated rings. The van der Waals surface area contributed by atoms with Crippen molar-refractivity contribution in [1.82, 2.24) is 14.7 Å². The van der Waals surface area contributed by atoms with E-state index in [-0.39, 0.29) is 5.69 Å². The fraction of sp³-hybridized carbons (Fsp3) is 0.286. The quantitative estimate of drug-likeness (QED) is 0.904. The van der Waals surface area contributed by atoms with Crippen LogP contribution < -0.4 is 4.72 Å². The molecule has 0 saturated heterocycles. The first-order valence-electron chi connectivity index (χ1n) is 6.63. The number of rotatable bonds is 5. The topological polar surface area (TPSA) is 72.0 Å². The molecule has 1 N–H and O–H groups in total. The summed E-state index contributed by atoms with van der Waals surface area (Å²) in [7, 11) is -5.52. The van der Waals surface area contributed by atoms with Gasteiger partial charge in [-0.15, -0.1) is 0 Å². The zero-order valence-electron chi connectivity index (χ0n) is 12.0. The van der Waals surface area contributed by atoms with E-state index < -0.39 is 27.5 Å². The van der Waals surface area contributed by atoms with Crippen LogP contribution in [0, 0.1) is 0 Å². The van der Waals surface area contributed by atoms with E-state index in [0.29, 0.717) is 5.69 Å². The molecule has 5 nitrogen and oxygen atoms in total. The molecule has 124 valence electrons. The Morgan fingerprint density at radius 2 is 1.52 bits per heavy atom. The summed E-state index contributed by atoms with van der Waals surface area (Å²) in [4.78, 5) is 8.04. The summed E-state index contributed by atoms with van der Waals surface area (Å²) >= 11 is 0. The molecule has 9 heteroatoms. The SMILES string of the molecule is C[C@H](c1ccccn1)[C@H](NS(=O)(=O)C(F)(F)F)c1ccccn1. The lowest BCUT2D eigenvalue weighted by atomic mass is 9.95. The third-order valence-electron chi connectivity index (χ3n) is 3.25. The molecule has 23 heavy (non-hydrogen) atoms. The van der Waals surface area contributed by atoms with Gasteiger partial charge in [0.15, 0.2) is 0 Å². The van der Waals surface area contributed by atoms with Crippen LogP contribution in [0.5, 0.6) is 0 Å². The average molecular weight is 345 g/mol. The summed E-state index contributed by atoms with van der Waals surface area (Å²) in [5.41, 5.74) is -4.77. The molecule has 2 heterocycles. The molecule has 0 amide bonds. The molecule has 0 aromatic carbocycles. The molecule has 0 aliphatic heterocycles. The summed E-state index contributed by atoms with van der Waals surface area (Å²) in [6, 6.07) is 8.37. The van der Waals surface area contributed by atoms with E-state index in [1.807, 2.05) is 0 Å². The van der Waals surface area contributed by atoms with Crippen LogP contribution in [0.4, 0.5) is 13.2 Å². The zero-order chi connectivity index (χ0) is 17.1. The van der Waals surface area contributed by atoms with Crippen molar-refractivity contribution in [3.63, 3.8) is 0 Å². The number of aromatic nitrogens is 2. The van der Waals surface area contributed by atoms with E-state index in [1.54, 1.807) is 42.0 Å². The maximum absolute atomic E-state index is 12.7. The monoisotopic (exact) mass is 345 g/mol. The van der Waals surface area contributed by atoms with Gasteiger partial charge in [-0.25, -0.2) is 8.42 Å².